The van der Waals surface area contributed by atoms with Crippen LogP contribution in [0.15, 0.2) is 22.7 Å². The van der Waals surface area contributed by atoms with Crippen LogP contribution in [0.4, 0.5) is 18.9 Å². The zero-order valence-electron chi connectivity index (χ0n) is 9.72. The van der Waals surface area contributed by atoms with Crippen LogP contribution in [0.3, 0.4) is 0 Å². The van der Waals surface area contributed by atoms with E-state index < -0.39 is 6.36 Å². The zero-order chi connectivity index (χ0) is 13.3. The molecule has 0 amide bonds. The minimum absolute atomic E-state index is 0.230. The summed E-state index contributed by atoms with van der Waals surface area (Å²) in [4.78, 5) is 0. The number of alkyl halides is 3. The molecule has 0 saturated heterocycles. The van der Waals surface area contributed by atoms with E-state index in [0.29, 0.717) is 12.0 Å². The summed E-state index contributed by atoms with van der Waals surface area (Å²) in [6.07, 6.45) is -2.24. The molecule has 1 aliphatic rings. The van der Waals surface area contributed by atoms with Crippen LogP contribution < -0.4 is 10.1 Å². The molecule has 100 valence electrons. The van der Waals surface area contributed by atoms with Gasteiger partial charge in [-0.1, -0.05) is 0 Å². The van der Waals surface area contributed by atoms with E-state index in [1.807, 2.05) is 0 Å². The quantitative estimate of drug-likeness (QED) is 0.877. The van der Waals surface area contributed by atoms with E-state index in [-0.39, 0.29) is 10.2 Å². The third-order valence-electron chi connectivity index (χ3n) is 2.88. The van der Waals surface area contributed by atoms with E-state index in [9.17, 15) is 13.2 Å². The number of halogens is 4. The van der Waals surface area contributed by atoms with Gasteiger partial charge in [-0.25, -0.2) is 0 Å². The first-order valence-corrected chi connectivity index (χ1v) is 6.46. The lowest BCUT2D eigenvalue weighted by Crippen LogP contribution is -2.18. The van der Waals surface area contributed by atoms with E-state index >= 15 is 0 Å². The van der Waals surface area contributed by atoms with Crippen molar-refractivity contribution in [1.29, 1.82) is 0 Å². The van der Waals surface area contributed by atoms with Gasteiger partial charge in [0.25, 0.3) is 0 Å². The van der Waals surface area contributed by atoms with Gasteiger partial charge in [0, 0.05) is 11.7 Å². The van der Waals surface area contributed by atoms with Crippen LogP contribution >= 0.6 is 15.9 Å². The summed E-state index contributed by atoms with van der Waals surface area (Å²) in [7, 11) is 0. The Labute approximate surface area is 112 Å². The molecule has 0 aromatic heterocycles. The molecule has 1 saturated carbocycles. The molecule has 2 rings (SSSR count). The Morgan fingerprint density at radius 1 is 1.39 bits per heavy atom. The Bertz CT molecular complexity index is 432. The van der Waals surface area contributed by atoms with Crippen LogP contribution in [-0.4, -0.2) is 12.4 Å². The number of hydrogen-bond donors (Lipinski definition) is 1. The first-order chi connectivity index (χ1) is 8.35. The van der Waals surface area contributed by atoms with Crippen molar-refractivity contribution in [2.24, 2.45) is 5.92 Å². The lowest BCUT2D eigenvalue weighted by atomic mass is 10.2. The maximum absolute atomic E-state index is 12.1. The van der Waals surface area contributed by atoms with Crippen molar-refractivity contribution in [2.45, 2.75) is 32.2 Å². The molecule has 18 heavy (non-hydrogen) atoms. The van der Waals surface area contributed by atoms with E-state index in [1.165, 1.54) is 18.9 Å². The molecule has 0 radical (unpaired) electrons. The molecule has 1 unspecified atom stereocenters. The van der Waals surface area contributed by atoms with Gasteiger partial charge in [-0.2, -0.15) is 0 Å². The highest BCUT2D eigenvalue weighted by Gasteiger charge is 2.32. The summed E-state index contributed by atoms with van der Waals surface area (Å²) < 4.78 is 40.4. The lowest BCUT2D eigenvalue weighted by Gasteiger charge is -2.16. The topological polar surface area (TPSA) is 21.3 Å². The van der Waals surface area contributed by atoms with Gasteiger partial charge in [-0.05, 0) is 59.8 Å². The SMILES string of the molecule is CC(Nc1ccc(OC(F)(F)F)c(Br)c1)C1CC1. The molecule has 1 fully saturated rings. The maximum atomic E-state index is 12.1. The molecule has 1 aromatic carbocycles. The van der Waals surface area contributed by atoms with Gasteiger partial charge in [0.1, 0.15) is 5.75 Å². The standard InChI is InChI=1S/C12H13BrF3NO/c1-7(8-2-3-8)17-9-4-5-11(10(13)6-9)18-12(14,15)16/h4-8,17H,2-3H2,1H3. The van der Waals surface area contributed by atoms with Crippen LogP contribution in [0.1, 0.15) is 19.8 Å². The van der Waals surface area contributed by atoms with Gasteiger partial charge in [0.15, 0.2) is 0 Å². The molecule has 1 aliphatic carbocycles. The fourth-order valence-electron chi connectivity index (χ4n) is 1.78. The second-order valence-electron chi connectivity index (χ2n) is 4.46. The number of nitrogens with one attached hydrogen (secondary N) is 1. The summed E-state index contributed by atoms with van der Waals surface area (Å²) >= 11 is 3.08. The van der Waals surface area contributed by atoms with Gasteiger partial charge in [-0.3, -0.25) is 0 Å². The smallest absolute Gasteiger partial charge is 0.405 e. The Hall–Kier alpha value is -0.910. The van der Waals surface area contributed by atoms with Gasteiger partial charge < -0.3 is 10.1 Å². The largest absolute Gasteiger partial charge is 0.573 e. The molecule has 0 bridgehead atoms. The van der Waals surface area contributed by atoms with Crippen molar-refractivity contribution in [1.82, 2.24) is 0 Å². The molecular weight excluding hydrogens is 311 g/mol. The number of ether oxygens (including phenoxy) is 1. The van der Waals surface area contributed by atoms with E-state index in [1.54, 1.807) is 12.1 Å². The van der Waals surface area contributed by atoms with Crippen molar-refractivity contribution in [3.63, 3.8) is 0 Å². The zero-order valence-corrected chi connectivity index (χ0v) is 11.3. The molecule has 1 atom stereocenters. The Morgan fingerprint density at radius 2 is 2.06 bits per heavy atom. The second-order valence-corrected chi connectivity index (χ2v) is 5.32. The average molecular weight is 324 g/mol. The van der Waals surface area contributed by atoms with Crippen LogP contribution in [0.2, 0.25) is 0 Å². The number of hydrogen-bond acceptors (Lipinski definition) is 2. The van der Waals surface area contributed by atoms with Gasteiger partial charge in [0.05, 0.1) is 4.47 Å². The van der Waals surface area contributed by atoms with E-state index in [4.69, 9.17) is 0 Å². The molecule has 0 spiro atoms. The number of rotatable bonds is 4. The third-order valence-corrected chi connectivity index (χ3v) is 3.50. The molecule has 6 heteroatoms. The fourth-order valence-corrected chi connectivity index (χ4v) is 2.23. The van der Waals surface area contributed by atoms with Crippen LogP contribution in [0.5, 0.6) is 5.75 Å². The predicted octanol–water partition coefficient (Wildman–Crippen LogP) is 4.56. The van der Waals surface area contributed by atoms with Crippen molar-refractivity contribution < 1.29 is 17.9 Å². The minimum Gasteiger partial charge on any atom is -0.405 e. The van der Waals surface area contributed by atoms with Crippen molar-refractivity contribution in [3.8, 4) is 5.75 Å². The molecule has 1 aromatic rings. The molecule has 0 aliphatic heterocycles. The molecule has 0 heterocycles. The van der Waals surface area contributed by atoms with Gasteiger partial charge >= 0.3 is 6.36 Å². The lowest BCUT2D eigenvalue weighted by molar-refractivity contribution is -0.274. The van der Waals surface area contributed by atoms with Gasteiger partial charge in [0.2, 0.25) is 0 Å². The van der Waals surface area contributed by atoms with Crippen molar-refractivity contribution in [3.05, 3.63) is 22.7 Å². The van der Waals surface area contributed by atoms with Crippen LogP contribution in [-0.2, 0) is 0 Å². The highest BCUT2D eigenvalue weighted by atomic mass is 79.9. The van der Waals surface area contributed by atoms with E-state index in [2.05, 4.69) is 32.9 Å². The average Bonchev–Trinajstić information content (AvgIpc) is 3.03. The van der Waals surface area contributed by atoms with E-state index in [0.717, 1.165) is 5.69 Å². The molecule has 2 nitrogen and oxygen atoms in total. The normalized spacial score (nSPS) is 17.4. The first kappa shape index (κ1) is 13.5. The molecular formula is C12H13BrF3NO. The first-order valence-electron chi connectivity index (χ1n) is 5.67. The number of anilines is 1. The van der Waals surface area contributed by atoms with Crippen LogP contribution in [0.25, 0.3) is 0 Å². The fraction of sp³-hybridized carbons (Fsp3) is 0.500. The summed E-state index contributed by atoms with van der Waals surface area (Å²) in [5.74, 6) is 0.446. The minimum atomic E-state index is -4.67. The molecule has 1 N–H and O–H groups in total. The van der Waals surface area contributed by atoms with Gasteiger partial charge in [-0.15, -0.1) is 13.2 Å². The summed E-state index contributed by atoms with van der Waals surface area (Å²) in [5.41, 5.74) is 0.788. The van der Waals surface area contributed by atoms with Crippen molar-refractivity contribution in [2.75, 3.05) is 5.32 Å². The maximum Gasteiger partial charge on any atom is 0.573 e. The Kier molecular flexibility index (Phi) is 3.75. The highest BCUT2D eigenvalue weighted by Crippen LogP contribution is 2.36. The summed E-state index contributed by atoms with van der Waals surface area (Å²) in [6.45, 7) is 2.08. The predicted molar refractivity (Wildman–Crippen MR) is 66.6 cm³/mol. The Morgan fingerprint density at radius 3 is 2.56 bits per heavy atom. The van der Waals surface area contributed by atoms with Crippen molar-refractivity contribution >= 4 is 21.6 Å². The highest BCUT2D eigenvalue weighted by molar-refractivity contribution is 9.10. The Balaban J connectivity index is 2.04. The summed E-state index contributed by atoms with van der Waals surface area (Å²) in [5, 5.41) is 3.27. The monoisotopic (exact) mass is 323 g/mol. The number of benzene rings is 1. The summed E-state index contributed by atoms with van der Waals surface area (Å²) in [6, 6.07) is 4.83. The van der Waals surface area contributed by atoms with Crippen LogP contribution in [0, 0.1) is 5.92 Å². The third kappa shape index (κ3) is 3.80. The second kappa shape index (κ2) is 4.99.